The number of unbranched alkanes of at least 4 members (excludes halogenated alkanes) is 1. The molecule has 0 heterocycles. The molecule has 1 unspecified atom stereocenters. The molecule has 0 bridgehead atoms. The molecule has 0 aromatic rings. The normalized spacial score (nSPS) is 12.1. The Bertz CT molecular complexity index is 169. The van der Waals surface area contributed by atoms with Crippen LogP contribution in [0, 0.1) is 0 Å². The van der Waals surface area contributed by atoms with Gasteiger partial charge in [-0.05, 0) is 19.4 Å². The molecule has 0 fully saturated rings. The third kappa shape index (κ3) is 6.66. The van der Waals surface area contributed by atoms with Crippen molar-refractivity contribution in [3.05, 3.63) is 12.7 Å². The summed E-state index contributed by atoms with van der Waals surface area (Å²) in [6, 6.07) is 0.269. The van der Waals surface area contributed by atoms with Crippen molar-refractivity contribution in [3.63, 3.8) is 0 Å². The molecule has 14 heavy (non-hydrogen) atoms. The van der Waals surface area contributed by atoms with Crippen molar-refractivity contribution in [2.75, 3.05) is 13.2 Å². The Hall–Kier alpha value is -0.830. The maximum absolute atomic E-state index is 10.8. The number of ether oxygens (including phenoxy) is 1. The number of hydrogen-bond donors (Lipinski definition) is 1. The van der Waals surface area contributed by atoms with Crippen LogP contribution in [-0.2, 0) is 9.53 Å². The van der Waals surface area contributed by atoms with Gasteiger partial charge < -0.3 is 10.1 Å². The highest BCUT2D eigenvalue weighted by atomic mass is 16.5. The molecule has 0 rings (SSSR count). The summed E-state index contributed by atoms with van der Waals surface area (Å²) in [6.07, 6.45) is 4.49. The standard InChI is InChI=1S/C11H21NO2/c1-4-7-8-12-10(5-2)9-14-11(13)6-3/h6,10,12H,3-5,7-9H2,1-2H3. The van der Waals surface area contributed by atoms with E-state index < -0.39 is 0 Å². The first-order valence-electron chi connectivity index (χ1n) is 5.27. The molecule has 0 aromatic carbocycles. The molecule has 1 atom stereocenters. The SMILES string of the molecule is C=CC(=O)OCC(CC)NCCCC. The molecule has 0 aliphatic heterocycles. The Morgan fingerprint density at radius 2 is 2.29 bits per heavy atom. The number of carbonyl (C=O) groups excluding carboxylic acids is 1. The van der Waals surface area contributed by atoms with Gasteiger partial charge in [-0.25, -0.2) is 4.79 Å². The average molecular weight is 199 g/mol. The van der Waals surface area contributed by atoms with Gasteiger partial charge in [0.2, 0.25) is 0 Å². The minimum atomic E-state index is -0.347. The van der Waals surface area contributed by atoms with Crippen LogP contribution in [0.3, 0.4) is 0 Å². The second-order valence-corrected chi connectivity index (χ2v) is 3.25. The number of rotatable bonds is 8. The van der Waals surface area contributed by atoms with Crippen molar-refractivity contribution in [2.45, 2.75) is 39.2 Å². The summed E-state index contributed by atoms with van der Waals surface area (Å²) < 4.78 is 4.96. The topological polar surface area (TPSA) is 38.3 Å². The van der Waals surface area contributed by atoms with Gasteiger partial charge in [0.05, 0.1) is 0 Å². The highest BCUT2D eigenvalue weighted by Crippen LogP contribution is 1.94. The van der Waals surface area contributed by atoms with Gasteiger partial charge in [-0.2, -0.15) is 0 Å². The van der Waals surface area contributed by atoms with Gasteiger partial charge in [0.1, 0.15) is 6.61 Å². The van der Waals surface area contributed by atoms with Crippen molar-refractivity contribution >= 4 is 5.97 Å². The maximum atomic E-state index is 10.8. The van der Waals surface area contributed by atoms with E-state index in [0.29, 0.717) is 6.61 Å². The van der Waals surface area contributed by atoms with Crippen molar-refractivity contribution in [3.8, 4) is 0 Å². The first kappa shape index (κ1) is 13.2. The maximum Gasteiger partial charge on any atom is 0.330 e. The third-order valence-electron chi connectivity index (χ3n) is 2.05. The summed E-state index contributed by atoms with van der Waals surface area (Å²) >= 11 is 0. The summed E-state index contributed by atoms with van der Waals surface area (Å²) in [5, 5.41) is 3.34. The molecule has 0 aromatic heterocycles. The zero-order valence-electron chi connectivity index (χ0n) is 9.21. The van der Waals surface area contributed by atoms with E-state index in [0.717, 1.165) is 19.4 Å². The lowest BCUT2D eigenvalue weighted by molar-refractivity contribution is -0.138. The van der Waals surface area contributed by atoms with Crippen molar-refractivity contribution in [1.29, 1.82) is 0 Å². The molecule has 0 spiro atoms. The molecule has 0 saturated carbocycles. The largest absolute Gasteiger partial charge is 0.461 e. The van der Waals surface area contributed by atoms with E-state index in [2.05, 4.69) is 25.7 Å². The summed E-state index contributed by atoms with van der Waals surface area (Å²) in [7, 11) is 0. The molecule has 3 nitrogen and oxygen atoms in total. The number of nitrogens with one attached hydrogen (secondary N) is 1. The van der Waals surface area contributed by atoms with Gasteiger partial charge in [-0.3, -0.25) is 0 Å². The van der Waals surface area contributed by atoms with Gasteiger partial charge in [0.15, 0.2) is 0 Å². The van der Waals surface area contributed by atoms with Crippen LogP contribution in [-0.4, -0.2) is 25.2 Å². The van der Waals surface area contributed by atoms with Gasteiger partial charge >= 0.3 is 5.97 Å². The summed E-state index contributed by atoms with van der Waals surface area (Å²) in [6.45, 7) is 9.00. The predicted octanol–water partition coefficient (Wildman–Crippen LogP) is 1.88. The fourth-order valence-electron chi connectivity index (χ4n) is 1.05. The van der Waals surface area contributed by atoms with E-state index in [1.165, 1.54) is 12.5 Å². The molecule has 3 heteroatoms. The van der Waals surface area contributed by atoms with Crippen LogP contribution in [0.25, 0.3) is 0 Å². The second kappa shape index (κ2) is 8.75. The quantitative estimate of drug-likeness (QED) is 0.368. The lowest BCUT2D eigenvalue weighted by Gasteiger charge is -2.16. The Kier molecular flexibility index (Phi) is 8.24. The van der Waals surface area contributed by atoms with E-state index in [1.807, 2.05) is 0 Å². The van der Waals surface area contributed by atoms with E-state index >= 15 is 0 Å². The predicted molar refractivity (Wildman–Crippen MR) is 58.1 cm³/mol. The Morgan fingerprint density at radius 3 is 2.79 bits per heavy atom. The van der Waals surface area contributed by atoms with Crippen LogP contribution < -0.4 is 5.32 Å². The Balaban J connectivity index is 3.57. The number of hydrogen-bond acceptors (Lipinski definition) is 3. The minimum absolute atomic E-state index is 0.269. The second-order valence-electron chi connectivity index (χ2n) is 3.25. The third-order valence-corrected chi connectivity index (χ3v) is 2.05. The Labute approximate surface area is 86.5 Å². The van der Waals surface area contributed by atoms with Crippen LogP contribution in [0.4, 0.5) is 0 Å². The fraction of sp³-hybridized carbons (Fsp3) is 0.727. The first-order chi connectivity index (χ1) is 6.74. The van der Waals surface area contributed by atoms with Gasteiger partial charge in [-0.15, -0.1) is 0 Å². The fourth-order valence-corrected chi connectivity index (χ4v) is 1.05. The summed E-state index contributed by atoms with van der Waals surface area (Å²) in [5.74, 6) is -0.347. The average Bonchev–Trinajstić information content (AvgIpc) is 2.22. The lowest BCUT2D eigenvalue weighted by Crippen LogP contribution is -2.34. The van der Waals surface area contributed by atoms with Gasteiger partial charge in [0, 0.05) is 12.1 Å². The monoisotopic (exact) mass is 199 g/mol. The first-order valence-corrected chi connectivity index (χ1v) is 5.27. The summed E-state index contributed by atoms with van der Waals surface area (Å²) in [5.41, 5.74) is 0. The smallest absolute Gasteiger partial charge is 0.330 e. The van der Waals surface area contributed by atoms with Crippen molar-refractivity contribution in [1.82, 2.24) is 5.32 Å². The van der Waals surface area contributed by atoms with Crippen LogP contribution >= 0.6 is 0 Å². The van der Waals surface area contributed by atoms with Crippen LogP contribution in [0.2, 0.25) is 0 Å². The zero-order chi connectivity index (χ0) is 10.8. The molecular weight excluding hydrogens is 178 g/mol. The molecule has 0 radical (unpaired) electrons. The van der Waals surface area contributed by atoms with Crippen molar-refractivity contribution < 1.29 is 9.53 Å². The minimum Gasteiger partial charge on any atom is -0.461 e. The molecular formula is C11H21NO2. The zero-order valence-corrected chi connectivity index (χ0v) is 9.21. The van der Waals surface area contributed by atoms with Gasteiger partial charge in [-0.1, -0.05) is 26.8 Å². The molecule has 0 amide bonds. The van der Waals surface area contributed by atoms with Gasteiger partial charge in [0.25, 0.3) is 0 Å². The molecule has 1 N–H and O–H groups in total. The van der Waals surface area contributed by atoms with Crippen molar-refractivity contribution in [2.24, 2.45) is 0 Å². The highest BCUT2D eigenvalue weighted by molar-refractivity contribution is 5.81. The molecule has 0 aliphatic rings. The molecule has 82 valence electrons. The van der Waals surface area contributed by atoms with Crippen LogP contribution in [0.15, 0.2) is 12.7 Å². The number of esters is 1. The lowest BCUT2D eigenvalue weighted by atomic mass is 10.2. The van der Waals surface area contributed by atoms with Crippen LogP contribution in [0.1, 0.15) is 33.1 Å². The van der Waals surface area contributed by atoms with E-state index in [-0.39, 0.29) is 12.0 Å². The highest BCUT2D eigenvalue weighted by Gasteiger charge is 2.06. The number of carbonyl (C=O) groups is 1. The molecule has 0 aliphatic carbocycles. The van der Waals surface area contributed by atoms with Crippen LogP contribution in [0.5, 0.6) is 0 Å². The molecule has 0 saturated heterocycles. The van der Waals surface area contributed by atoms with E-state index in [4.69, 9.17) is 4.74 Å². The van der Waals surface area contributed by atoms with E-state index in [9.17, 15) is 4.79 Å². The Morgan fingerprint density at radius 1 is 1.57 bits per heavy atom. The summed E-state index contributed by atoms with van der Waals surface area (Å²) in [4.78, 5) is 10.8. The van der Waals surface area contributed by atoms with E-state index in [1.54, 1.807) is 0 Å².